The first-order chi connectivity index (χ1) is 7.17. The summed E-state index contributed by atoms with van der Waals surface area (Å²) in [5.41, 5.74) is -0.685. The first kappa shape index (κ1) is 14.7. The van der Waals surface area contributed by atoms with Crippen molar-refractivity contribution in [3.8, 4) is 0 Å². The first-order valence-corrected chi connectivity index (χ1v) is 5.00. The second-order valence-corrected chi connectivity index (χ2v) is 4.62. The molecule has 0 fully saturated rings. The molecule has 0 radical (unpaired) electrons. The van der Waals surface area contributed by atoms with Crippen LogP contribution in [0.4, 0.5) is 4.79 Å². The van der Waals surface area contributed by atoms with E-state index in [-0.39, 0.29) is 6.61 Å². The van der Waals surface area contributed by atoms with E-state index in [1.165, 1.54) is 6.92 Å². The zero-order valence-electron chi connectivity index (χ0n) is 9.98. The molecule has 0 spiro atoms. The molecule has 0 aliphatic rings. The van der Waals surface area contributed by atoms with E-state index in [1.807, 2.05) is 0 Å². The summed E-state index contributed by atoms with van der Waals surface area (Å²) in [4.78, 5) is 22.1. The molecule has 0 saturated carbocycles. The highest BCUT2D eigenvalue weighted by molar-refractivity contribution is 5.80. The minimum Gasteiger partial charge on any atom is -0.480 e. The Morgan fingerprint density at radius 1 is 1.38 bits per heavy atom. The van der Waals surface area contributed by atoms with Crippen LogP contribution in [0, 0.1) is 5.92 Å². The molecule has 0 aliphatic carbocycles. The average Bonchev–Trinajstić information content (AvgIpc) is 2.09. The number of carbonyl (C=O) groups is 2. The number of rotatable bonds is 4. The van der Waals surface area contributed by atoms with Crippen molar-refractivity contribution < 1.29 is 24.5 Å². The molecule has 0 aromatic rings. The third-order valence-electron chi connectivity index (χ3n) is 1.80. The summed E-state index contributed by atoms with van der Waals surface area (Å²) >= 11 is 0. The Morgan fingerprint density at radius 3 is 2.19 bits per heavy atom. The van der Waals surface area contributed by atoms with E-state index in [2.05, 4.69) is 5.32 Å². The van der Waals surface area contributed by atoms with Gasteiger partial charge in [0.25, 0.3) is 0 Å². The van der Waals surface area contributed by atoms with Gasteiger partial charge in [0.1, 0.15) is 11.6 Å². The van der Waals surface area contributed by atoms with E-state index < -0.39 is 29.6 Å². The molecule has 0 rings (SSSR count). The highest BCUT2D eigenvalue weighted by atomic mass is 16.6. The molecular formula is C10H19NO5. The Balaban J connectivity index is 4.42. The van der Waals surface area contributed by atoms with E-state index in [1.54, 1.807) is 20.8 Å². The molecule has 0 unspecified atom stereocenters. The predicted molar refractivity (Wildman–Crippen MR) is 57.0 cm³/mol. The van der Waals surface area contributed by atoms with Crippen LogP contribution in [-0.4, -0.2) is 40.5 Å². The summed E-state index contributed by atoms with van der Waals surface area (Å²) in [5.74, 6) is -1.78. The lowest BCUT2D eigenvalue weighted by Gasteiger charge is -2.24. The van der Waals surface area contributed by atoms with Gasteiger partial charge in [0.05, 0.1) is 0 Å². The number of ether oxygens (including phenoxy) is 1. The van der Waals surface area contributed by atoms with Crippen LogP contribution in [0.2, 0.25) is 0 Å². The Labute approximate surface area is 94.6 Å². The Bertz CT molecular complexity index is 258. The number of aliphatic hydroxyl groups excluding tert-OH is 1. The molecule has 0 aromatic heterocycles. The van der Waals surface area contributed by atoms with E-state index in [0.717, 1.165) is 0 Å². The largest absolute Gasteiger partial charge is 0.480 e. The SMILES string of the molecule is C[C@H](CO)[C@@H](NC(=O)OC(C)(C)C)C(=O)O. The number of carboxylic acids is 1. The fraction of sp³-hybridized carbons (Fsp3) is 0.800. The van der Waals surface area contributed by atoms with Crippen LogP contribution in [0.15, 0.2) is 0 Å². The number of carboxylic acid groups (broad SMARTS) is 1. The van der Waals surface area contributed by atoms with Gasteiger partial charge in [-0.2, -0.15) is 0 Å². The molecular weight excluding hydrogens is 214 g/mol. The molecule has 16 heavy (non-hydrogen) atoms. The number of carbonyl (C=O) groups excluding carboxylic acids is 1. The van der Waals surface area contributed by atoms with Crippen molar-refractivity contribution in [3.63, 3.8) is 0 Å². The summed E-state index contributed by atoms with van der Waals surface area (Å²) in [5, 5.41) is 19.9. The predicted octanol–water partition coefficient (Wildman–Crippen LogP) is 0.593. The lowest BCUT2D eigenvalue weighted by Crippen LogP contribution is -2.47. The second-order valence-electron chi connectivity index (χ2n) is 4.62. The van der Waals surface area contributed by atoms with Gasteiger partial charge in [-0.3, -0.25) is 0 Å². The summed E-state index contributed by atoms with van der Waals surface area (Å²) in [6.45, 7) is 6.23. The summed E-state index contributed by atoms with van der Waals surface area (Å²) < 4.78 is 4.92. The maximum atomic E-state index is 11.3. The van der Waals surface area contributed by atoms with Crippen molar-refractivity contribution in [1.29, 1.82) is 0 Å². The second kappa shape index (κ2) is 5.69. The van der Waals surface area contributed by atoms with Gasteiger partial charge in [-0.1, -0.05) is 6.92 Å². The van der Waals surface area contributed by atoms with Crippen LogP contribution in [0.1, 0.15) is 27.7 Å². The average molecular weight is 233 g/mol. The standard InChI is InChI=1S/C10H19NO5/c1-6(5-12)7(8(13)14)11-9(15)16-10(2,3)4/h6-7,12H,5H2,1-4H3,(H,11,15)(H,13,14)/t6-,7-/m1/s1. The van der Waals surface area contributed by atoms with Crippen LogP contribution in [0.3, 0.4) is 0 Å². The minimum atomic E-state index is -1.20. The Kier molecular flexibility index (Phi) is 5.23. The fourth-order valence-corrected chi connectivity index (χ4v) is 0.987. The van der Waals surface area contributed by atoms with Crippen LogP contribution in [0.5, 0.6) is 0 Å². The van der Waals surface area contributed by atoms with Crippen LogP contribution in [0.25, 0.3) is 0 Å². The molecule has 2 atom stereocenters. The lowest BCUT2D eigenvalue weighted by atomic mass is 10.0. The van der Waals surface area contributed by atoms with Crippen molar-refractivity contribution in [2.75, 3.05) is 6.61 Å². The number of nitrogens with one attached hydrogen (secondary N) is 1. The topological polar surface area (TPSA) is 95.9 Å². The van der Waals surface area contributed by atoms with Gasteiger partial charge in [0.15, 0.2) is 0 Å². The van der Waals surface area contributed by atoms with E-state index >= 15 is 0 Å². The Hall–Kier alpha value is -1.30. The number of alkyl carbamates (subject to hydrolysis) is 1. The third-order valence-corrected chi connectivity index (χ3v) is 1.80. The maximum Gasteiger partial charge on any atom is 0.408 e. The van der Waals surface area contributed by atoms with Crippen LogP contribution >= 0.6 is 0 Å². The monoisotopic (exact) mass is 233 g/mol. The van der Waals surface area contributed by atoms with Crippen molar-refractivity contribution in [2.24, 2.45) is 5.92 Å². The fourth-order valence-electron chi connectivity index (χ4n) is 0.987. The number of aliphatic hydroxyl groups is 1. The van der Waals surface area contributed by atoms with Crippen molar-refractivity contribution in [3.05, 3.63) is 0 Å². The highest BCUT2D eigenvalue weighted by Gasteiger charge is 2.28. The molecule has 0 heterocycles. The highest BCUT2D eigenvalue weighted by Crippen LogP contribution is 2.08. The van der Waals surface area contributed by atoms with Gasteiger partial charge in [-0.05, 0) is 20.8 Å². The van der Waals surface area contributed by atoms with Crippen molar-refractivity contribution >= 4 is 12.1 Å². The number of aliphatic carboxylic acids is 1. The maximum absolute atomic E-state index is 11.3. The molecule has 3 N–H and O–H groups in total. The number of hydrogen-bond acceptors (Lipinski definition) is 4. The lowest BCUT2D eigenvalue weighted by molar-refractivity contribution is -0.141. The Morgan fingerprint density at radius 2 is 1.88 bits per heavy atom. The molecule has 0 saturated heterocycles. The van der Waals surface area contributed by atoms with Gasteiger partial charge in [0, 0.05) is 12.5 Å². The molecule has 0 bridgehead atoms. The van der Waals surface area contributed by atoms with Gasteiger partial charge in [0.2, 0.25) is 0 Å². The van der Waals surface area contributed by atoms with Crippen molar-refractivity contribution in [2.45, 2.75) is 39.3 Å². The quantitative estimate of drug-likeness (QED) is 0.660. The van der Waals surface area contributed by atoms with Gasteiger partial charge in [-0.15, -0.1) is 0 Å². The molecule has 1 amide bonds. The third kappa shape index (κ3) is 5.55. The van der Waals surface area contributed by atoms with Crippen molar-refractivity contribution in [1.82, 2.24) is 5.32 Å². The van der Waals surface area contributed by atoms with E-state index in [0.29, 0.717) is 0 Å². The number of amides is 1. The van der Waals surface area contributed by atoms with Crippen LogP contribution < -0.4 is 5.32 Å². The van der Waals surface area contributed by atoms with Gasteiger partial charge < -0.3 is 20.3 Å². The number of hydrogen-bond donors (Lipinski definition) is 3. The molecule has 6 heteroatoms. The molecule has 0 aliphatic heterocycles. The molecule has 6 nitrogen and oxygen atoms in total. The minimum absolute atomic E-state index is 0.327. The summed E-state index contributed by atoms with van der Waals surface area (Å²) in [6.07, 6.45) is -0.805. The normalized spacial score (nSPS) is 15.1. The van der Waals surface area contributed by atoms with Crippen LogP contribution in [-0.2, 0) is 9.53 Å². The van der Waals surface area contributed by atoms with Gasteiger partial charge in [-0.25, -0.2) is 9.59 Å². The smallest absolute Gasteiger partial charge is 0.408 e. The van der Waals surface area contributed by atoms with E-state index in [4.69, 9.17) is 14.9 Å². The molecule has 94 valence electrons. The zero-order chi connectivity index (χ0) is 12.9. The first-order valence-electron chi connectivity index (χ1n) is 5.00. The summed E-state index contributed by atoms with van der Waals surface area (Å²) in [6, 6.07) is -1.15. The summed E-state index contributed by atoms with van der Waals surface area (Å²) in [7, 11) is 0. The van der Waals surface area contributed by atoms with E-state index in [9.17, 15) is 9.59 Å². The zero-order valence-corrected chi connectivity index (χ0v) is 9.98. The molecule has 0 aromatic carbocycles. The van der Waals surface area contributed by atoms with Gasteiger partial charge >= 0.3 is 12.1 Å².